The second-order valence-corrected chi connectivity index (χ2v) is 8.96. The summed E-state index contributed by atoms with van der Waals surface area (Å²) in [6.45, 7) is 3.63. The predicted octanol–water partition coefficient (Wildman–Crippen LogP) is 4.08. The Morgan fingerprint density at radius 1 is 1.00 bits per heavy atom. The standard InChI is InChI=1S/C22H23NO4S/c1-16-8-6-7-11-20(16)22-23-21(17(2)27-22)15-28(25,26)14-19(24)13-12-18-9-4-3-5-10-18/h3-11H,12-15H2,1-2H3. The van der Waals surface area contributed by atoms with Gasteiger partial charge in [0.2, 0.25) is 5.89 Å². The summed E-state index contributed by atoms with van der Waals surface area (Å²) >= 11 is 0. The van der Waals surface area contributed by atoms with Gasteiger partial charge in [0.05, 0.1) is 11.4 Å². The highest BCUT2D eigenvalue weighted by Gasteiger charge is 2.22. The minimum atomic E-state index is -3.61. The molecule has 146 valence electrons. The third kappa shape index (κ3) is 5.16. The monoisotopic (exact) mass is 397 g/mol. The van der Waals surface area contributed by atoms with Crippen LogP contribution in [0.3, 0.4) is 0 Å². The molecule has 0 N–H and O–H groups in total. The van der Waals surface area contributed by atoms with Gasteiger partial charge in [-0.05, 0) is 37.5 Å². The van der Waals surface area contributed by atoms with Crippen LogP contribution in [0.25, 0.3) is 11.5 Å². The molecule has 0 radical (unpaired) electrons. The lowest BCUT2D eigenvalue weighted by Gasteiger charge is -2.03. The number of oxazole rings is 1. The maximum Gasteiger partial charge on any atom is 0.226 e. The molecule has 0 bridgehead atoms. The van der Waals surface area contributed by atoms with E-state index in [-0.39, 0.29) is 18.0 Å². The highest BCUT2D eigenvalue weighted by atomic mass is 32.2. The summed E-state index contributed by atoms with van der Waals surface area (Å²) in [6.07, 6.45) is 0.741. The fourth-order valence-corrected chi connectivity index (χ4v) is 4.42. The van der Waals surface area contributed by atoms with E-state index in [9.17, 15) is 13.2 Å². The van der Waals surface area contributed by atoms with E-state index in [1.165, 1.54) is 0 Å². The minimum absolute atomic E-state index is 0.204. The molecule has 0 aliphatic heterocycles. The summed E-state index contributed by atoms with van der Waals surface area (Å²) in [6, 6.07) is 17.2. The molecule has 0 unspecified atom stereocenters. The van der Waals surface area contributed by atoms with Crippen LogP contribution >= 0.6 is 0 Å². The van der Waals surface area contributed by atoms with Crippen LogP contribution in [0.15, 0.2) is 59.0 Å². The quantitative estimate of drug-likeness (QED) is 0.572. The van der Waals surface area contributed by atoms with Crippen molar-refractivity contribution >= 4 is 15.6 Å². The predicted molar refractivity (Wildman–Crippen MR) is 109 cm³/mol. The Bertz CT molecular complexity index is 1070. The van der Waals surface area contributed by atoms with Gasteiger partial charge in [0.1, 0.15) is 17.3 Å². The molecular formula is C22H23NO4S. The van der Waals surface area contributed by atoms with E-state index in [0.717, 1.165) is 16.7 Å². The number of carbonyl (C=O) groups excluding carboxylic acids is 1. The molecule has 0 fully saturated rings. The van der Waals surface area contributed by atoms with Crippen molar-refractivity contribution in [3.8, 4) is 11.5 Å². The number of benzene rings is 2. The summed E-state index contributed by atoms with van der Waals surface area (Å²) in [5.74, 6) is -0.212. The molecule has 3 aromatic rings. The van der Waals surface area contributed by atoms with Gasteiger partial charge in [-0.25, -0.2) is 13.4 Å². The molecule has 0 aliphatic rings. The molecule has 3 rings (SSSR count). The Morgan fingerprint density at radius 2 is 1.68 bits per heavy atom. The topological polar surface area (TPSA) is 77.2 Å². The maximum atomic E-state index is 12.5. The second-order valence-electron chi connectivity index (χ2n) is 6.89. The van der Waals surface area contributed by atoms with Crippen molar-refractivity contribution in [2.24, 2.45) is 0 Å². The van der Waals surface area contributed by atoms with Crippen molar-refractivity contribution in [1.29, 1.82) is 0 Å². The van der Waals surface area contributed by atoms with Crippen LogP contribution in [0.5, 0.6) is 0 Å². The number of nitrogens with zero attached hydrogens (tertiary/aromatic N) is 1. The van der Waals surface area contributed by atoms with Gasteiger partial charge in [-0.3, -0.25) is 4.79 Å². The Balaban J connectivity index is 1.65. The Kier molecular flexibility index (Phi) is 6.09. The number of sulfone groups is 1. The average molecular weight is 397 g/mol. The molecule has 0 saturated carbocycles. The van der Waals surface area contributed by atoms with Gasteiger partial charge in [-0.1, -0.05) is 48.5 Å². The zero-order valence-electron chi connectivity index (χ0n) is 16.0. The van der Waals surface area contributed by atoms with Crippen molar-refractivity contribution in [2.45, 2.75) is 32.4 Å². The molecule has 0 amide bonds. The Labute approximate surface area is 165 Å². The lowest BCUT2D eigenvalue weighted by molar-refractivity contribution is -0.116. The highest BCUT2D eigenvalue weighted by molar-refractivity contribution is 7.91. The number of aryl methyl sites for hydroxylation is 3. The van der Waals surface area contributed by atoms with Crippen LogP contribution < -0.4 is 0 Å². The van der Waals surface area contributed by atoms with Gasteiger partial charge in [0, 0.05) is 12.0 Å². The van der Waals surface area contributed by atoms with Crippen molar-refractivity contribution in [1.82, 2.24) is 4.98 Å². The van der Waals surface area contributed by atoms with E-state index in [4.69, 9.17) is 4.42 Å². The first kappa shape index (κ1) is 20.0. The number of rotatable bonds is 8. The van der Waals surface area contributed by atoms with Gasteiger partial charge in [-0.2, -0.15) is 0 Å². The van der Waals surface area contributed by atoms with Crippen LogP contribution in [0, 0.1) is 13.8 Å². The summed E-state index contributed by atoms with van der Waals surface area (Å²) in [5, 5.41) is 0. The van der Waals surface area contributed by atoms with E-state index in [1.54, 1.807) is 6.92 Å². The zero-order valence-corrected chi connectivity index (χ0v) is 16.8. The SMILES string of the molecule is Cc1ccccc1-c1nc(CS(=O)(=O)CC(=O)CCc2ccccc2)c(C)o1. The number of aromatic nitrogens is 1. The van der Waals surface area contributed by atoms with E-state index in [0.29, 0.717) is 23.8 Å². The van der Waals surface area contributed by atoms with E-state index in [2.05, 4.69) is 4.98 Å². The van der Waals surface area contributed by atoms with E-state index >= 15 is 0 Å². The van der Waals surface area contributed by atoms with Crippen LogP contribution in [0.1, 0.15) is 29.0 Å². The van der Waals surface area contributed by atoms with E-state index in [1.807, 2.05) is 61.5 Å². The summed E-state index contributed by atoms with van der Waals surface area (Å²) < 4.78 is 30.6. The third-order valence-corrected chi connectivity index (χ3v) is 6.02. The molecule has 0 atom stereocenters. The molecular weight excluding hydrogens is 374 g/mol. The molecule has 6 heteroatoms. The van der Waals surface area contributed by atoms with Gasteiger partial charge in [-0.15, -0.1) is 0 Å². The molecule has 5 nitrogen and oxygen atoms in total. The minimum Gasteiger partial charge on any atom is -0.441 e. The van der Waals surface area contributed by atoms with Crippen molar-refractivity contribution in [3.05, 3.63) is 77.2 Å². The average Bonchev–Trinajstić information content (AvgIpc) is 3.00. The maximum absolute atomic E-state index is 12.5. The molecule has 28 heavy (non-hydrogen) atoms. The summed E-state index contributed by atoms with van der Waals surface area (Å²) in [5.41, 5.74) is 3.19. The third-order valence-electron chi connectivity index (χ3n) is 4.54. The number of carbonyl (C=O) groups is 1. The van der Waals surface area contributed by atoms with Crippen LogP contribution in [0.2, 0.25) is 0 Å². The highest BCUT2D eigenvalue weighted by Crippen LogP contribution is 2.25. The van der Waals surface area contributed by atoms with Crippen LogP contribution in [-0.2, 0) is 26.8 Å². The van der Waals surface area contributed by atoms with Gasteiger partial charge in [0.25, 0.3) is 0 Å². The number of Topliss-reactive ketones (excluding diaryl/α,β-unsaturated/α-hetero) is 1. The first-order chi connectivity index (χ1) is 13.3. The Hall–Kier alpha value is -2.73. The van der Waals surface area contributed by atoms with Crippen molar-refractivity contribution in [3.63, 3.8) is 0 Å². The van der Waals surface area contributed by atoms with Crippen LogP contribution in [-0.4, -0.2) is 24.9 Å². The number of hydrogen-bond donors (Lipinski definition) is 0. The fraction of sp³-hybridized carbons (Fsp3) is 0.273. The smallest absolute Gasteiger partial charge is 0.226 e. The van der Waals surface area contributed by atoms with Crippen molar-refractivity contribution in [2.75, 3.05) is 5.75 Å². The molecule has 0 spiro atoms. The molecule has 1 heterocycles. The molecule has 0 saturated heterocycles. The van der Waals surface area contributed by atoms with Gasteiger partial charge >= 0.3 is 0 Å². The summed E-state index contributed by atoms with van der Waals surface area (Å²) in [4.78, 5) is 16.5. The second kappa shape index (κ2) is 8.52. The van der Waals surface area contributed by atoms with Crippen LogP contribution in [0.4, 0.5) is 0 Å². The largest absolute Gasteiger partial charge is 0.441 e. The molecule has 0 aliphatic carbocycles. The normalized spacial score (nSPS) is 11.5. The Morgan fingerprint density at radius 3 is 2.39 bits per heavy atom. The van der Waals surface area contributed by atoms with Crippen molar-refractivity contribution < 1.29 is 17.6 Å². The number of ketones is 1. The first-order valence-corrected chi connectivity index (χ1v) is 10.9. The fourth-order valence-electron chi connectivity index (χ4n) is 3.00. The van der Waals surface area contributed by atoms with Gasteiger partial charge in [0.15, 0.2) is 9.84 Å². The number of hydrogen-bond acceptors (Lipinski definition) is 5. The summed E-state index contributed by atoms with van der Waals surface area (Å²) in [7, 11) is -3.61. The first-order valence-electron chi connectivity index (χ1n) is 9.12. The lowest BCUT2D eigenvalue weighted by Crippen LogP contribution is -2.18. The van der Waals surface area contributed by atoms with E-state index < -0.39 is 15.6 Å². The zero-order chi connectivity index (χ0) is 20.1. The van der Waals surface area contributed by atoms with Gasteiger partial charge < -0.3 is 4.42 Å². The lowest BCUT2D eigenvalue weighted by atomic mass is 10.1. The molecule has 2 aromatic carbocycles. The molecule has 1 aromatic heterocycles.